The van der Waals surface area contributed by atoms with Crippen LogP contribution in [0.3, 0.4) is 0 Å². The van der Waals surface area contributed by atoms with Gasteiger partial charge in [0.05, 0.1) is 6.61 Å². The second kappa shape index (κ2) is 14.2. The van der Waals surface area contributed by atoms with E-state index in [1.54, 1.807) is 0 Å². The Labute approximate surface area is 191 Å². The van der Waals surface area contributed by atoms with E-state index in [4.69, 9.17) is 4.74 Å². The first kappa shape index (κ1) is 28.8. The van der Waals surface area contributed by atoms with Gasteiger partial charge in [-0.25, -0.2) is 13.2 Å². The highest BCUT2D eigenvalue weighted by Crippen LogP contribution is 2.31. The Kier molecular flexibility index (Phi) is 12.4. The molecule has 188 valence electrons. The van der Waals surface area contributed by atoms with Gasteiger partial charge in [-0.2, -0.15) is 8.78 Å². The van der Waals surface area contributed by atoms with Crippen molar-refractivity contribution in [2.45, 2.75) is 91.4 Å². The molecule has 0 spiro atoms. The van der Waals surface area contributed by atoms with Gasteiger partial charge < -0.3 is 9.47 Å². The minimum Gasteiger partial charge on any atom is -0.465 e. The zero-order valence-corrected chi connectivity index (χ0v) is 19.5. The average molecular weight is 481 g/mol. The minimum absolute atomic E-state index is 0.0368. The van der Waals surface area contributed by atoms with E-state index in [1.165, 1.54) is 38.5 Å². The number of unbranched alkanes of at least 4 members (excludes halogenated alkanes) is 10. The summed E-state index contributed by atoms with van der Waals surface area (Å²) in [7, 11) is 0. The Morgan fingerprint density at radius 1 is 0.636 bits per heavy atom. The van der Waals surface area contributed by atoms with Crippen LogP contribution >= 0.6 is 0 Å². The van der Waals surface area contributed by atoms with Crippen LogP contribution in [0, 0.1) is 34.5 Å². The minimum atomic E-state index is -2.38. The quantitative estimate of drug-likeness (QED) is 0.0508. The summed E-state index contributed by atoms with van der Waals surface area (Å²) in [5, 5.41) is 0. The number of halogens is 5. The highest BCUT2D eigenvalue weighted by Gasteiger charge is 2.41. The molecule has 0 N–H and O–H groups in total. The van der Waals surface area contributed by atoms with Gasteiger partial charge in [-0.3, -0.25) is 9.59 Å². The fraction of sp³-hybridized carbons (Fsp3) is 0.667. The van der Waals surface area contributed by atoms with Crippen molar-refractivity contribution in [2.75, 3.05) is 6.61 Å². The van der Waals surface area contributed by atoms with Crippen molar-refractivity contribution < 1.29 is 41.0 Å². The van der Waals surface area contributed by atoms with Crippen molar-refractivity contribution in [2.24, 2.45) is 5.41 Å². The summed E-state index contributed by atoms with van der Waals surface area (Å²) in [6, 6.07) is 0. The first-order valence-corrected chi connectivity index (χ1v) is 11.5. The van der Waals surface area contributed by atoms with Crippen LogP contribution in [-0.2, 0) is 14.3 Å². The van der Waals surface area contributed by atoms with Crippen LogP contribution < -0.4 is 4.74 Å². The van der Waals surface area contributed by atoms with Gasteiger partial charge in [0.15, 0.2) is 5.41 Å². The summed E-state index contributed by atoms with van der Waals surface area (Å²) in [5.74, 6) is -15.8. The van der Waals surface area contributed by atoms with Crippen molar-refractivity contribution in [3.8, 4) is 5.75 Å². The largest absolute Gasteiger partial charge is 0.465 e. The molecule has 1 rings (SSSR count). The molecular weight excluding hydrogens is 447 g/mol. The third-order valence-corrected chi connectivity index (χ3v) is 5.37. The third kappa shape index (κ3) is 8.59. The number of benzene rings is 1. The van der Waals surface area contributed by atoms with Gasteiger partial charge >= 0.3 is 11.9 Å². The molecule has 0 heterocycles. The molecule has 0 amide bonds. The zero-order chi connectivity index (χ0) is 25.0. The summed E-state index contributed by atoms with van der Waals surface area (Å²) >= 11 is 0. The predicted molar refractivity (Wildman–Crippen MR) is 113 cm³/mol. The first-order valence-electron chi connectivity index (χ1n) is 11.5. The van der Waals surface area contributed by atoms with E-state index in [0.29, 0.717) is 6.42 Å². The van der Waals surface area contributed by atoms with Gasteiger partial charge in [0.1, 0.15) is 0 Å². The molecule has 0 aromatic heterocycles. The number of hydrogen-bond acceptors (Lipinski definition) is 4. The molecule has 0 bridgehead atoms. The van der Waals surface area contributed by atoms with E-state index in [0.717, 1.165) is 39.5 Å². The van der Waals surface area contributed by atoms with Gasteiger partial charge in [0.2, 0.25) is 34.8 Å². The van der Waals surface area contributed by atoms with Crippen molar-refractivity contribution in [1.29, 1.82) is 0 Å². The van der Waals surface area contributed by atoms with E-state index in [9.17, 15) is 31.5 Å². The molecule has 1 aromatic carbocycles. The topological polar surface area (TPSA) is 52.6 Å². The maximum Gasteiger partial charge on any atom is 0.328 e. The summed E-state index contributed by atoms with van der Waals surface area (Å²) in [6.07, 6.45) is 12.1. The molecule has 0 radical (unpaired) electrons. The normalized spacial score (nSPS) is 11.5. The lowest BCUT2D eigenvalue weighted by molar-refractivity contribution is -0.165. The SMILES string of the molecule is CCCCCCCCCCCCCOC(=O)C(C)(C)C(=O)Oc1c(F)c(F)c(F)c(F)c1F. The number of carbonyl (C=O) groups is 2. The summed E-state index contributed by atoms with van der Waals surface area (Å²) in [5.41, 5.74) is -2.02. The molecule has 9 heteroatoms. The van der Waals surface area contributed by atoms with Crippen molar-refractivity contribution in [3.63, 3.8) is 0 Å². The predicted octanol–water partition coefficient (Wildman–Crippen LogP) is 7.17. The van der Waals surface area contributed by atoms with Crippen LogP contribution in [0.25, 0.3) is 0 Å². The van der Waals surface area contributed by atoms with E-state index >= 15 is 0 Å². The fourth-order valence-electron chi connectivity index (χ4n) is 3.09. The number of carbonyl (C=O) groups excluding carboxylic acids is 2. The van der Waals surface area contributed by atoms with Gasteiger partial charge in [0, 0.05) is 0 Å². The van der Waals surface area contributed by atoms with Gasteiger partial charge in [-0.15, -0.1) is 0 Å². The molecule has 1 aromatic rings. The molecule has 0 aliphatic heterocycles. The number of ether oxygens (including phenoxy) is 2. The monoisotopic (exact) mass is 480 g/mol. The third-order valence-electron chi connectivity index (χ3n) is 5.37. The Morgan fingerprint density at radius 3 is 1.48 bits per heavy atom. The molecular formula is C24H33F5O4. The van der Waals surface area contributed by atoms with Crippen molar-refractivity contribution in [1.82, 2.24) is 0 Å². The maximum atomic E-state index is 13.7. The second-order valence-electron chi connectivity index (χ2n) is 8.59. The summed E-state index contributed by atoms with van der Waals surface area (Å²) < 4.78 is 76.4. The number of hydrogen-bond donors (Lipinski definition) is 0. The number of rotatable bonds is 15. The highest BCUT2D eigenvalue weighted by atomic mass is 19.2. The molecule has 33 heavy (non-hydrogen) atoms. The lowest BCUT2D eigenvalue weighted by Gasteiger charge is -2.21. The Morgan fingerprint density at radius 2 is 1.03 bits per heavy atom. The summed E-state index contributed by atoms with van der Waals surface area (Å²) in [6.45, 7) is 4.37. The second-order valence-corrected chi connectivity index (χ2v) is 8.59. The Bertz CT molecular complexity index is 767. The van der Waals surface area contributed by atoms with Gasteiger partial charge in [-0.05, 0) is 20.3 Å². The molecule has 0 saturated carbocycles. The molecule has 0 atom stereocenters. The highest BCUT2D eigenvalue weighted by molar-refractivity contribution is 5.99. The van der Waals surface area contributed by atoms with Crippen LogP contribution in [0.5, 0.6) is 5.75 Å². The molecule has 0 aliphatic rings. The lowest BCUT2D eigenvalue weighted by atomic mass is 9.94. The molecule has 0 fully saturated rings. The zero-order valence-electron chi connectivity index (χ0n) is 19.5. The van der Waals surface area contributed by atoms with Crippen LogP contribution in [0.1, 0.15) is 91.4 Å². The van der Waals surface area contributed by atoms with Crippen LogP contribution in [0.15, 0.2) is 0 Å². The van der Waals surface area contributed by atoms with Gasteiger partial charge in [-0.1, -0.05) is 71.1 Å². The maximum absolute atomic E-state index is 13.7. The van der Waals surface area contributed by atoms with Crippen LogP contribution in [-0.4, -0.2) is 18.5 Å². The van der Waals surface area contributed by atoms with Crippen LogP contribution in [0.4, 0.5) is 22.0 Å². The standard InChI is InChI=1S/C24H33F5O4/c1-4-5-6-7-8-9-10-11-12-13-14-15-32-22(30)24(2,3)23(31)33-21-19(28)17(26)16(25)18(27)20(21)29/h4-15H2,1-3H3. The molecule has 0 aliphatic carbocycles. The fourth-order valence-corrected chi connectivity index (χ4v) is 3.09. The average Bonchev–Trinajstić information content (AvgIpc) is 2.79. The van der Waals surface area contributed by atoms with Crippen LogP contribution in [0.2, 0.25) is 0 Å². The Hall–Kier alpha value is -2.19. The van der Waals surface area contributed by atoms with Crippen molar-refractivity contribution in [3.05, 3.63) is 29.1 Å². The molecule has 0 saturated heterocycles. The van der Waals surface area contributed by atoms with E-state index < -0.39 is 52.2 Å². The smallest absolute Gasteiger partial charge is 0.328 e. The van der Waals surface area contributed by atoms with Crippen molar-refractivity contribution >= 4 is 11.9 Å². The van der Waals surface area contributed by atoms with E-state index in [2.05, 4.69) is 11.7 Å². The molecule has 0 unspecified atom stereocenters. The van der Waals surface area contributed by atoms with E-state index in [-0.39, 0.29) is 6.61 Å². The molecule has 4 nitrogen and oxygen atoms in total. The van der Waals surface area contributed by atoms with E-state index in [1.807, 2.05) is 0 Å². The summed E-state index contributed by atoms with van der Waals surface area (Å²) in [4.78, 5) is 24.4. The lowest BCUT2D eigenvalue weighted by Crippen LogP contribution is -2.38. The van der Waals surface area contributed by atoms with Gasteiger partial charge in [0.25, 0.3) is 0 Å². The Balaban J connectivity index is 2.39. The number of esters is 2. The first-order chi connectivity index (χ1) is 15.6.